The van der Waals surface area contributed by atoms with Gasteiger partial charge in [-0.2, -0.15) is 0 Å². The van der Waals surface area contributed by atoms with Crippen molar-refractivity contribution in [3.05, 3.63) is 60.7 Å². The Bertz CT molecular complexity index is 438. The van der Waals surface area contributed by atoms with E-state index in [0.717, 1.165) is 10.6 Å². The van der Waals surface area contributed by atoms with Crippen LogP contribution in [0, 0.1) is 0 Å². The zero-order chi connectivity index (χ0) is 10.7. The van der Waals surface area contributed by atoms with E-state index in [2.05, 4.69) is 15.6 Å². The van der Waals surface area contributed by atoms with Gasteiger partial charge < -0.3 is 0 Å². The monoisotopic (exact) mass is 257 g/mol. The molecule has 0 fully saturated rings. The summed E-state index contributed by atoms with van der Waals surface area (Å²) in [5, 5.41) is 1.60. The summed E-state index contributed by atoms with van der Waals surface area (Å²) < 4.78 is 12.5. The Morgan fingerprint density at radius 2 is 1.07 bits per heavy atom. The molecule has 15 heavy (non-hydrogen) atoms. The van der Waals surface area contributed by atoms with Crippen molar-refractivity contribution in [1.29, 1.82) is 0 Å². The van der Waals surface area contributed by atoms with Crippen LogP contribution in [0.2, 0.25) is 0 Å². The molecule has 0 amide bonds. The topological polar surface area (TPSA) is 17.1 Å². The molecule has 1 nitrogen and oxygen atoms in total. The third-order valence-corrected chi connectivity index (χ3v) is 5.77. The van der Waals surface area contributed by atoms with Crippen LogP contribution in [0.3, 0.4) is 0 Å². The molecule has 0 aliphatic heterocycles. The molecule has 2 rings (SSSR count). The van der Waals surface area contributed by atoms with Gasteiger partial charge in [0, 0.05) is 0 Å². The Balaban J connectivity index is 2.50. The predicted molar refractivity (Wildman–Crippen MR) is 59.8 cm³/mol. The van der Waals surface area contributed by atoms with Crippen LogP contribution < -0.4 is 10.6 Å². The van der Waals surface area contributed by atoms with Gasteiger partial charge in [0.1, 0.15) is 0 Å². The molecule has 0 aromatic heterocycles. The van der Waals surface area contributed by atoms with Gasteiger partial charge in [-0.1, -0.05) is 0 Å². The van der Waals surface area contributed by atoms with Crippen molar-refractivity contribution < 1.29 is 20.1 Å². The molecule has 0 N–H and O–H groups in total. The summed E-state index contributed by atoms with van der Waals surface area (Å²) in [7, 11) is 0. The Morgan fingerprint density at radius 1 is 0.733 bits per heavy atom. The van der Waals surface area contributed by atoms with Crippen molar-refractivity contribution in [1.82, 2.24) is 0 Å². The van der Waals surface area contributed by atoms with Crippen LogP contribution in [0.4, 0.5) is 0 Å². The van der Waals surface area contributed by atoms with Crippen LogP contribution in [0.25, 0.3) is 0 Å². The molecule has 0 saturated heterocycles. The molecule has 0 heterocycles. The molecular formula is C12H10FeOP. The Kier molecular flexibility index (Phi) is 3.11. The first-order chi connectivity index (χ1) is 7.21. The SMILES string of the molecule is O=[P]([Fe])(c1ccccc1)c1ccccc1. The van der Waals surface area contributed by atoms with Crippen LogP contribution in [-0.2, 0) is 20.1 Å². The minimum atomic E-state index is -2.65. The number of rotatable bonds is 2. The van der Waals surface area contributed by atoms with Crippen LogP contribution in [0.1, 0.15) is 0 Å². The number of hydrogen-bond donors (Lipinski definition) is 0. The second-order valence-corrected chi connectivity index (χ2v) is 7.34. The fraction of sp³-hybridized carbons (Fsp3) is 0. The summed E-state index contributed by atoms with van der Waals surface area (Å²) in [6.45, 7) is 0. The molecule has 0 aliphatic carbocycles. The summed E-state index contributed by atoms with van der Waals surface area (Å²) >= 11 is 3.87. The van der Waals surface area contributed by atoms with E-state index in [4.69, 9.17) is 0 Å². The summed E-state index contributed by atoms with van der Waals surface area (Å²) in [6, 6.07) is 18.8. The quantitative estimate of drug-likeness (QED) is 0.596. The zero-order valence-corrected chi connectivity index (χ0v) is 9.98. The van der Waals surface area contributed by atoms with E-state index in [1.54, 1.807) is 0 Å². The second-order valence-electron chi connectivity index (χ2n) is 3.19. The normalized spacial score (nSPS) is 11.3. The third kappa shape index (κ3) is 2.23. The van der Waals surface area contributed by atoms with Crippen molar-refractivity contribution >= 4 is 16.4 Å². The van der Waals surface area contributed by atoms with Crippen molar-refractivity contribution in [3.63, 3.8) is 0 Å². The van der Waals surface area contributed by atoms with Crippen molar-refractivity contribution in [2.75, 3.05) is 0 Å². The molecule has 77 valence electrons. The number of hydrogen-bond acceptors (Lipinski definition) is 1. The Hall–Kier alpha value is -0.811. The molecule has 3 heteroatoms. The summed E-state index contributed by atoms with van der Waals surface area (Å²) in [5.41, 5.74) is 0. The van der Waals surface area contributed by atoms with Crippen LogP contribution in [0.5, 0.6) is 0 Å². The summed E-state index contributed by atoms with van der Waals surface area (Å²) in [5.74, 6) is -2.65. The van der Waals surface area contributed by atoms with Gasteiger partial charge in [-0.25, -0.2) is 0 Å². The fourth-order valence-electron chi connectivity index (χ4n) is 1.38. The van der Waals surface area contributed by atoms with Gasteiger partial charge in [-0.15, -0.1) is 0 Å². The van der Waals surface area contributed by atoms with E-state index in [-0.39, 0.29) is 0 Å². The number of benzene rings is 2. The molecule has 0 spiro atoms. The van der Waals surface area contributed by atoms with Crippen molar-refractivity contribution in [2.24, 2.45) is 0 Å². The van der Waals surface area contributed by atoms with E-state index in [1.807, 2.05) is 60.7 Å². The Labute approximate surface area is 97.3 Å². The molecule has 0 radical (unpaired) electrons. The molecule has 2 aromatic rings. The van der Waals surface area contributed by atoms with Gasteiger partial charge in [0.05, 0.1) is 0 Å². The first-order valence-electron chi connectivity index (χ1n) is 4.61. The van der Waals surface area contributed by atoms with Crippen LogP contribution >= 0.6 is 5.83 Å². The molecule has 2 aromatic carbocycles. The van der Waals surface area contributed by atoms with Gasteiger partial charge in [-0.3, -0.25) is 0 Å². The molecule has 0 saturated carbocycles. The molecule has 0 atom stereocenters. The van der Waals surface area contributed by atoms with E-state index in [0.29, 0.717) is 0 Å². The van der Waals surface area contributed by atoms with E-state index in [9.17, 15) is 4.57 Å². The average molecular weight is 257 g/mol. The predicted octanol–water partition coefficient (Wildman–Crippen LogP) is 2.46. The van der Waals surface area contributed by atoms with E-state index in [1.165, 1.54) is 0 Å². The standard InChI is InChI=1S/C12H10OP.Fe/c13-14(11-7-3-1-4-8-11)12-9-5-2-6-10-12;/h1-10H;/q+1;-1. The maximum atomic E-state index is 12.5. The minimum absolute atomic E-state index is 0.802. The van der Waals surface area contributed by atoms with Crippen molar-refractivity contribution in [3.8, 4) is 0 Å². The summed E-state index contributed by atoms with van der Waals surface area (Å²) in [6.07, 6.45) is 0. The van der Waals surface area contributed by atoms with Gasteiger partial charge in [0.25, 0.3) is 0 Å². The van der Waals surface area contributed by atoms with Gasteiger partial charge in [-0.05, 0) is 0 Å². The maximum absolute atomic E-state index is 12.5. The van der Waals surface area contributed by atoms with Crippen LogP contribution in [-0.4, -0.2) is 0 Å². The Morgan fingerprint density at radius 3 is 1.40 bits per heavy atom. The molecule has 0 aliphatic rings. The fourth-order valence-corrected chi connectivity index (χ4v) is 3.76. The molecule has 0 bridgehead atoms. The van der Waals surface area contributed by atoms with E-state index >= 15 is 0 Å². The summed E-state index contributed by atoms with van der Waals surface area (Å²) in [4.78, 5) is 0. The first kappa shape index (κ1) is 10.7. The van der Waals surface area contributed by atoms with Gasteiger partial charge in [0.2, 0.25) is 0 Å². The molecular weight excluding hydrogens is 247 g/mol. The van der Waals surface area contributed by atoms with E-state index < -0.39 is 5.83 Å². The van der Waals surface area contributed by atoms with Gasteiger partial charge >= 0.3 is 97.2 Å². The zero-order valence-electron chi connectivity index (χ0n) is 7.98. The average Bonchev–Trinajstić information content (AvgIpc) is 2.31. The second kappa shape index (κ2) is 4.36. The first-order valence-corrected chi connectivity index (χ1v) is 7.67. The molecule has 0 unspecified atom stereocenters. The van der Waals surface area contributed by atoms with Crippen LogP contribution in [0.15, 0.2) is 60.7 Å². The third-order valence-electron chi connectivity index (χ3n) is 2.16. The van der Waals surface area contributed by atoms with Gasteiger partial charge in [0.15, 0.2) is 0 Å². The van der Waals surface area contributed by atoms with Crippen molar-refractivity contribution in [2.45, 2.75) is 0 Å².